The molecule has 0 radical (unpaired) electrons. The summed E-state index contributed by atoms with van der Waals surface area (Å²) in [6, 6.07) is 7.00. The Morgan fingerprint density at radius 3 is 2.58 bits per heavy atom. The molecule has 24 heavy (non-hydrogen) atoms. The van der Waals surface area contributed by atoms with Gasteiger partial charge in [-0.25, -0.2) is 4.79 Å². The first-order chi connectivity index (χ1) is 11.3. The Labute approximate surface area is 149 Å². The fraction of sp³-hybridized carbons (Fsp3) is 0.632. The van der Waals surface area contributed by atoms with E-state index in [9.17, 15) is 4.79 Å². The molecule has 132 valence electrons. The zero-order valence-electron chi connectivity index (χ0n) is 14.8. The van der Waals surface area contributed by atoms with Crippen LogP contribution in [0.3, 0.4) is 0 Å². The summed E-state index contributed by atoms with van der Waals surface area (Å²) in [4.78, 5) is 14.3. The monoisotopic (exact) mass is 350 g/mol. The van der Waals surface area contributed by atoms with Crippen LogP contribution in [-0.2, 0) is 17.8 Å². The van der Waals surface area contributed by atoms with Crippen LogP contribution in [0.2, 0.25) is 5.02 Å². The zero-order chi connectivity index (χ0) is 17.3. The minimum atomic E-state index is -0.469. The minimum absolute atomic E-state index is 0.224. The lowest BCUT2D eigenvalue weighted by Gasteiger charge is -2.27. The molecule has 0 aliphatic heterocycles. The molecule has 0 saturated heterocycles. The molecule has 0 spiro atoms. The lowest BCUT2D eigenvalue weighted by Crippen LogP contribution is -2.37. The van der Waals surface area contributed by atoms with Crippen LogP contribution in [0.5, 0.6) is 0 Å². The van der Waals surface area contributed by atoms with Crippen molar-refractivity contribution in [3.8, 4) is 0 Å². The van der Waals surface area contributed by atoms with Gasteiger partial charge in [-0.15, -0.1) is 0 Å². The maximum absolute atomic E-state index is 12.5. The van der Waals surface area contributed by atoms with Gasteiger partial charge in [-0.05, 0) is 63.6 Å². The fourth-order valence-corrected chi connectivity index (χ4v) is 2.83. The highest BCUT2D eigenvalue weighted by atomic mass is 35.5. The van der Waals surface area contributed by atoms with Crippen molar-refractivity contribution in [3.63, 3.8) is 0 Å². The zero-order valence-corrected chi connectivity index (χ0v) is 15.5. The van der Waals surface area contributed by atoms with E-state index in [1.165, 1.54) is 12.8 Å². The Bertz CT molecular complexity index is 604. The first-order valence-electron chi connectivity index (χ1n) is 8.82. The van der Waals surface area contributed by atoms with Crippen LogP contribution >= 0.6 is 11.6 Å². The molecule has 1 N–H and O–H groups in total. The van der Waals surface area contributed by atoms with Crippen molar-refractivity contribution in [3.05, 3.63) is 34.3 Å². The van der Waals surface area contributed by atoms with E-state index in [0.717, 1.165) is 35.5 Å². The van der Waals surface area contributed by atoms with Gasteiger partial charge in [-0.2, -0.15) is 0 Å². The van der Waals surface area contributed by atoms with Crippen LogP contribution in [-0.4, -0.2) is 28.7 Å². The topological polar surface area (TPSA) is 41.6 Å². The van der Waals surface area contributed by atoms with Crippen molar-refractivity contribution in [2.75, 3.05) is 0 Å². The van der Waals surface area contributed by atoms with Crippen molar-refractivity contribution in [1.29, 1.82) is 0 Å². The van der Waals surface area contributed by atoms with E-state index < -0.39 is 5.60 Å². The molecule has 5 heteroatoms. The van der Waals surface area contributed by atoms with E-state index in [-0.39, 0.29) is 6.09 Å². The molecule has 1 aromatic rings. The number of nitrogens with zero attached hydrogens (tertiary/aromatic N) is 1. The summed E-state index contributed by atoms with van der Waals surface area (Å²) < 4.78 is 5.56. The predicted octanol–water partition coefficient (Wildman–Crippen LogP) is 4.49. The number of ether oxygens (including phenoxy) is 1. The molecule has 4 nitrogen and oxygen atoms in total. The first-order valence-corrected chi connectivity index (χ1v) is 9.20. The number of nitrogens with one attached hydrogen (secondary N) is 1. The first kappa shape index (κ1) is 17.6. The van der Waals surface area contributed by atoms with Crippen molar-refractivity contribution < 1.29 is 9.53 Å². The SMILES string of the molecule is CC(C)(C)OC(=O)N(Cc1ccc(Cl)c(CNC2CC2)c1)C1CC1. The summed E-state index contributed by atoms with van der Waals surface area (Å²) in [6.45, 7) is 7.07. The van der Waals surface area contributed by atoms with Gasteiger partial charge in [0.2, 0.25) is 0 Å². The molecule has 0 heterocycles. The van der Waals surface area contributed by atoms with Gasteiger partial charge in [0.15, 0.2) is 0 Å². The molecule has 0 aromatic heterocycles. The second kappa shape index (κ2) is 6.93. The number of rotatable bonds is 6. The highest BCUT2D eigenvalue weighted by molar-refractivity contribution is 6.31. The van der Waals surface area contributed by atoms with Crippen LogP contribution < -0.4 is 5.32 Å². The Morgan fingerprint density at radius 2 is 2.00 bits per heavy atom. The lowest BCUT2D eigenvalue weighted by atomic mass is 10.1. The summed E-state index contributed by atoms with van der Waals surface area (Å²) in [6.07, 6.45) is 4.40. The number of benzene rings is 1. The molecule has 2 aliphatic rings. The Hall–Kier alpha value is -1.26. The van der Waals surface area contributed by atoms with Crippen LogP contribution in [0, 0.1) is 0 Å². The standard InChI is InChI=1S/C19H27ClN2O2/c1-19(2,3)24-18(23)22(16-7-8-16)12-13-4-9-17(20)14(10-13)11-21-15-5-6-15/h4,9-10,15-16,21H,5-8,11-12H2,1-3H3. The maximum atomic E-state index is 12.5. The second-order valence-electron chi connectivity index (χ2n) is 7.92. The van der Waals surface area contributed by atoms with Crippen LogP contribution in [0.25, 0.3) is 0 Å². The molecule has 1 amide bonds. The molecule has 2 fully saturated rings. The van der Waals surface area contributed by atoms with Crippen molar-refractivity contribution in [2.45, 2.75) is 77.2 Å². The van der Waals surface area contributed by atoms with Crippen LogP contribution in [0.15, 0.2) is 18.2 Å². The minimum Gasteiger partial charge on any atom is -0.444 e. The van der Waals surface area contributed by atoms with Gasteiger partial charge >= 0.3 is 6.09 Å². The van der Waals surface area contributed by atoms with E-state index in [4.69, 9.17) is 16.3 Å². The van der Waals surface area contributed by atoms with Gasteiger partial charge in [0, 0.05) is 30.2 Å². The Morgan fingerprint density at radius 1 is 1.29 bits per heavy atom. The summed E-state index contributed by atoms with van der Waals surface area (Å²) >= 11 is 6.32. The van der Waals surface area contributed by atoms with Crippen molar-refractivity contribution in [1.82, 2.24) is 10.2 Å². The molecule has 0 atom stereocenters. The number of amides is 1. The van der Waals surface area contributed by atoms with Crippen LogP contribution in [0.4, 0.5) is 4.79 Å². The average molecular weight is 351 g/mol. The van der Waals surface area contributed by atoms with E-state index in [1.807, 2.05) is 37.8 Å². The molecule has 0 bridgehead atoms. The van der Waals surface area contributed by atoms with Crippen molar-refractivity contribution in [2.24, 2.45) is 0 Å². The highest BCUT2D eigenvalue weighted by Gasteiger charge is 2.35. The quantitative estimate of drug-likeness (QED) is 0.821. The van der Waals surface area contributed by atoms with E-state index >= 15 is 0 Å². The lowest BCUT2D eigenvalue weighted by molar-refractivity contribution is 0.0216. The molecular weight excluding hydrogens is 324 g/mol. The second-order valence-corrected chi connectivity index (χ2v) is 8.33. The largest absolute Gasteiger partial charge is 0.444 e. The average Bonchev–Trinajstić information content (AvgIpc) is 3.35. The van der Waals surface area contributed by atoms with Gasteiger partial charge in [0.1, 0.15) is 5.60 Å². The molecule has 2 aliphatic carbocycles. The molecule has 1 aromatic carbocycles. The molecular formula is C19H27ClN2O2. The Balaban J connectivity index is 1.67. The fourth-order valence-electron chi connectivity index (χ4n) is 2.65. The van der Waals surface area contributed by atoms with E-state index in [1.54, 1.807) is 0 Å². The van der Waals surface area contributed by atoms with Gasteiger partial charge in [-0.1, -0.05) is 23.7 Å². The number of carbonyl (C=O) groups excluding carboxylic acids is 1. The number of hydrogen-bond donors (Lipinski definition) is 1. The molecule has 0 unspecified atom stereocenters. The summed E-state index contributed by atoms with van der Waals surface area (Å²) in [7, 11) is 0. The summed E-state index contributed by atoms with van der Waals surface area (Å²) in [5.41, 5.74) is 1.73. The number of carbonyl (C=O) groups is 1. The highest BCUT2D eigenvalue weighted by Crippen LogP contribution is 2.30. The van der Waals surface area contributed by atoms with Gasteiger partial charge < -0.3 is 15.0 Å². The van der Waals surface area contributed by atoms with E-state index in [0.29, 0.717) is 18.6 Å². The third-order valence-corrected chi connectivity index (χ3v) is 4.61. The number of hydrogen-bond acceptors (Lipinski definition) is 3. The predicted molar refractivity (Wildman–Crippen MR) is 96.1 cm³/mol. The van der Waals surface area contributed by atoms with Crippen molar-refractivity contribution >= 4 is 17.7 Å². The Kier molecular flexibility index (Phi) is 5.07. The van der Waals surface area contributed by atoms with Gasteiger partial charge in [-0.3, -0.25) is 0 Å². The maximum Gasteiger partial charge on any atom is 0.410 e. The smallest absolute Gasteiger partial charge is 0.410 e. The summed E-state index contributed by atoms with van der Waals surface area (Å²) in [5, 5.41) is 4.27. The normalized spacial score (nSPS) is 17.7. The molecule has 2 saturated carbocycles. The molecule has 3 rings (SSSR count). The van der Waals surface area contributed by atoms with Crippen LogP contribution in [0.1, 0.15) is 57.6 Å². The van der Waals surface area contributed by atoms with E-state index in [2.05, 4.69) is 11.4 Å². The summed E-state index contributed by atoms with van der Waals surface area (Å²) in [5.74, 6) is 0. The third kappa shape index (κ3) is 5.12. The third-order valence-electron chi connectivity index (χ3n) is 4.24. The number of halogens is 1. The van der Waals surface area contributed by atoms with Gasteiger partial charge in [0.25, 0.3) is 0 Å². The van der Waals surface area contributed by atoms with Gasteiger partial charge in [0.05, 0.1) is 0 Å².